The summed E-state index contributed by atoms with van der Waals surface area (Å²) in [5, 5.41) is 3.55. The van der Waals surface area contributed by atoms with Crippen molar-refractivity contribution in [3.8, 4) is 0 Å². The second-order valence-corrected chi connectivity index (χ2v) is 5.67. The van der Waals surface area contributed by atoms with Gasteiger partial charge in [-0.1, -0.05) is 25.4 Å². The van der Waals surface area contributed by atoms with E-state index in [9.17, 15) is 13.2 Å². The molecule has 1 saturated carbocycles. The first-order valence-corrected chi connectivity index (χ1v) is 5.99. The molecule has 0 saturated heterocycles. The third kappa shape index (κ3) is 1.82. The van der Waals surface area contributed by atoms with Gasteiger partial charge in [0.2, 0.25) is 0 Å². The number of nitrogens with two attached hydrogens (primary N) is 1. The molecule has 0 aliphatic heterocycles. The Labute approximate surface area is 108 Å². The Morgan fingerprint density at radius 1 is 1.44 bits per heavy atom. The Morgan fingerprint density at radius 3 is 2.39 bits per heavy atom. The summed E-state index contributed by atoms with van der Waals surface area (Å²) in [6, 6.07) is 0. The van der Waals surface area contributed by atoms with Crippen LogP contribution < -0.4 is 5.73 Å². The number of aryl methyl sites for hydroxylation is 1. The number of halogens is 4. The molecule has 0 spiro atoms. The number of rotatable bonds is 2. The molecule has 0 unspecified atom stereocenters. The van der Waals surface area contributed by atoms with Gasteiger partial charge in [-0.2, -0.15) is 18.3 Å². The van der Waals surface area contributed by atoms with Crippen molar-refractivity contribution in [2.24, 2.45) is 24.1 Å². The summed E-state index contributed by atoms with van der Waals surface area (Å²) in [5.74, 6) is -0.263. The Bertz CT molecular complexity index is 479. The van der Waals surface area contributed by atoms with Crippen LogP contribution in [0.2, 0.25) is 5.15 Å². The number of hydrogen-bond donors (Lipinski definition) is 1. The van der Waals surface area contributed by atoms with Crippen LogP contribution in [0.4, 0.5) is 13.2 Å². The van der Waals surface area contributed by atoms with Gasteiger partial charge in [-0.15, -0.1) is 0 Å². The van der Waals surface area contributed by atoms with Crippen molar-refractivity contribution in [2.75, 3.05) is 6.54 Å². The Hall–Kier alpha value is -0.750. The molecule has 2 rings (SSSR count). The molecular weight excluding hydrogens is 267 g/mol. The zero-order valence-corrected chi connectivity index (χ0v) is 11.1. The van der Waals surface area contributed by atoms with E-state index in [2.05, 4.69) is 5.10 Å². The van der Waals surface area contributed by atoms with Crippen molar-refractivity contribution < 1.29 is 13.2 Å². The quantitative estimate of drug-likeness (QED) is 0.906. The van der Waals surface area contributed by atoms with Crippen molar-refractivity contribution in [2.45, 2.75) is 25.9 Å². The lowest BCUT2D eigenvalue weighted by atomic mass is 10.0. The van der Waals surface area contributed by atoms with Crippen LogP contribution in [0.15, 0.2) is 0 Å². The van der Waals surface area contributed by atoms with Crippen LogP contribution in [0, 0.1) is 11.3 Å². The fourth-order valence-corrected chi connectivity index (χ4v) is 3.01. The van der Waals surface area contributed by atoms with E-state index in [1.165, 1.54) is 7.05 Å². The van der Waals surface area contributed by atoms with Crippen molar-refractivity contribution in [1.29, 1.82) is 0 Å². The maximum absolute atomic E-state index is 12.9. The molecule has 1 aliphatic carbocycles. The molecule has 2 atom stereocenters. The van der Waals surface area contributed by atoms with E-state index in [4.69, 9.17) is 17.3 Å². The summed E-state index contributed by atoms with van der Waals surface area (Å²) < 4.78 is 39.9. The van der Waals surface area contributed by atoms with Gasteiger partial charge < -0.3 is 5.73 Å². The summed E-state index contributed by atoms with van der Waals surface area (Å²) in [4.78, 5) is 0. The predicted octanol–water partition coefficient (Wildman–Crippen LogP) is 2.79. The lowest BCUT2D eigenvalue weighted by molar-refractivity contribution is -0.142. The maximum Gasteiger partial charge on any atom is 0.435 e. The second-order valence-electron chi connectivity index (χ2n) is 5.32. The second kappa shape index (κ2) is 3.87. The fourth-order valence-electron chi connectivity index (χ4n) is 2.76. The van der Waals surface area contributed by atoms with E-state index in [0.717, 1.165) is 4.68 Å². The van der Waals surface area contributed by atoms with Gasteiger partial charge >= 0.3 is 6.18 Å². The minimum Gasteiger partial charge on any atom is -0.330 e. The third-order valence-electron chi connectivity index (χ3n) is 3.90. The minimum atomic E-state index is -4.49. The molecule has 3 nitrogen and oxygen atoms in total. The van der Waals surface area contributed by atoms with E-state index in [-0.39, 0.29) is 28.0 Å². The van der Waals surface area contributed by atoms with E-state index in [1.54, 1.807) is 0 Å². The van der Waals surface area contributed by atoms with Crippen LogP contribution in [0.1, 0.15) is 31.0 Å². The smallest absolute Gasteiger partial charge is 0.330 e. The van der Waals surface area contributed by atoms with Crippen molar-refractivity contribution in [3.63, 3.8) is 0 Å². The highest BCUT2D eigenvalue weighted by atomic mass is 35.5. The number of nitrogens with zero attached hydrogens (tertiary/aromatic N) is 2. The van der Waals surface area contributed by atoms with E-state index < -0.39 is 11.9 Å². The van der Waals surface area contributed by atoms with Gasteiger partial charge in [-0.3, -0.25) is 4.68 Å². The lowest BCUT2D eigenvalue weighted by Crippen LogP contribution is -2.10. The Morgan fingerprint density at radius 2 is 2.00 bits per heavy atom. The first-order chi connectivity index (χ1) is 8.12. The molecule has 0 aromatic carbocycles. The molecule has 2 N–H and O–H groups in total. The SMILES string of the molecule is Cn1nc(C(F)(F)F)c([C@H]2[C@H](CN)C2(C)C)c1Cl. The first-order valence-electron chi connectivity index (χ1n) is 5.62. The fraction of sp³-hybridized carbons (Fsp3) is 0.727. The van der Waals surface area contributed by atoms with Crippen LogP contribution in [0.3, 0.4) is 0 Å². The molecular formula is C11H15ClF3N3. The number of hydrogen-bond acceptors (Lipinski definition) is 2. The van der Waals surface area contributed by atoms with E-state index in [1.807, 2.05) is 13.8 Å². The maximum atomic E-state index is 12.9. The van der Waals surface area contributed by atoms with Gasteiger partial charge in [0.1, 0.15) is 5.15 Å². The lowest BCUT2D eigenvalue weighted by Gasteiger charge is -2.07. The number of alkyl halides is 3. The molecule has 0 radical (unpaired) electrons. The van der Waals surface area contributed by atoms with Crippen LogP contribution >= 0.6 is 11.6 Å². The summed E-state index contributed by atoms with van der Waals surface area (Å²) in [6.07, 6.45) is -4.49. The van der Waals surface area contributed by atoms with E-state index in [0.29, 0.717) is 6.54 Å². The average molecular weight is 282 g/mol. The van der Waals surface area contributed by atoms with Crippen LogP contribution in [0.5, 0.6) is 0 Å². The molecule has 0 amide bonds. The van der Waals surface area contributed by atoms with Crippen molar-refractivity contribution >= 4 is 11.6 Å². The summed E-state index contributed by atoms with van der Waals surface area (Å²) >= 11 is 5.96. The third-order valence-corrected chi connectivity index (χ3v) is 4.34. The Balaban J connectivity index is 2.52. The average Bonchev–Trinajstić information content (AvgIpc) is 2.63. The summed E-state index contributed by atoms with van der Waals surface area (Å²) in [7, 11) is 1.41. The van der Waals surface area contributed by atoms with Crippen LogP contribution in [-0.4, -0.2) is 16.3 Å². The highest BCUT2D eigenvalue weighted by Crippen LogP contribution is 2.66. The van der Waals surface area contributed by atoms with Gasteiger partial charge in [-0.05, 0) is 23.8 Å². The summed E-state index contributed by atoms with van der Waals surface area (Å²) in [5.41, 5.74) is 4.54. The molecule has 1 heterocycles. The van der Waals surface area contributed by atoms with Gasteiger partial charge in [0.15, 0.2) is 5.69 Å². The minimum absolute atomic E-state index is 0.0142. The topological polar surface area (TPSA) is 43.8 Å². The highest BCUT2D eigenvalue weighted by molar-refractivity contribution is 6.30. The zero-order chi connectivity index (χ0) is 13.9. The van der Waals surface area contributed by atoms with E-state index >= 15 is 0 Å². The monoisotopic (exact) mass is 281 g/mol. The molecule has 0 bridgehead atoms. The largest absolute Gasteiger partial charge is 0.435 e. The van der Waals surface area contributed by atoms with Gasteiger partial charge in [0.25, 0.3) is 0 Å². The summed E-state index contributed by atoms with van der Waals surface area (Å²) in [6.45, 7) is 4.15. The standard InChI is InChI=1S/C11H15ClF3N3/c1-10(2)5(4-16)7(10)6-8(11(13,14)15)17-18(3)9(6)12/h5,7H,4,16H2,1-3H3/t5-,7+/m0/s1. The molecule has 102 valence electrons. The molecule has 1 fully saturated rings. The van der Waals surface area contributed by atoms with Gasteiger partial charge in [-0.25, -0.2) is 0 Å². The number of aromatic nitrogens is 2. The Kier molecular flexibility index (Phi) is 2.94. The highest BCUT2D eigenvalue weighted by Gasteiger charge is 2.61. The zero-order valence-electron chi connectivity index (χ0n) is 10.3. The normalized spacial score (nSPS) is 26.4. The molecule has 1 aliphatic rings. The predicted molar refractivity (Wildman–Crippen MR) is 62.3 cm³/mol. The molecule has 18 heavy (non-hydrogen) atoms. The van der Waals surface area contributed by atoms with Crippen molar-refractivity contribution in [3.05, 3.63) is 16.4 Å². The molecule has 1 aromatic rings. The van der Waals surface area contributed by atoms with Crippen LogP contribution in [0.25, 0.3) is 0 Å². The molecule has 7 heteroatoms. The van der Waals surface area contributed by atoms with Gasteiger partial charge in [0.05, 0.1) is 0 Å². The van der Waals surface area contributed by atoms with Crippen LogP contribution in [-0.2, 0) is 13.2 Å². The van der Waals surface area contributed by atoms with Gasteiger partial charge in [0, 0.05) is 12.6 Å². The first kappa shape index (κ1) is 13.7. The van der Waals surface area contributed by atoms with Crippen molar-refractivity contribution in [1.82, 2.24) is 9.78 Å². The molecule has 1 aromatic heterocycles.